The molecule has 1 unspecified atom stereocenters. The van der Waals surface area contributed by atoms with Crippen LogP contribution in [0.1, 0.15) is 19.3 Å². The second-order valence-corrected chi connectivity index (χ2v) is 7.59. The molecule has 3 N–H and O–H groups in total. The maximum atomic E-state index is 11.8. The molecule has 0 spiro atoms. The van der Waals surface area contributed by atoms with Gasteiger partial charge in [0.2, 0.25) is 27.7 Å². The van der Waals surface area contributed by atoms with Crippen molar-refractivity contribution in [1.29, 1.82) is 0 Å². The van der Waals surface area contributed by atoms with Crippen molar-refractivity contribution in [3.8, 4) is 0 Å². The zero-order valence-electron chi connectivity index (χ0n) is 11.5. The van der Waals surface area contributed by atoms with Crippen molar-refractivity contribution in [2.24, 2.45) is 0 Å². The standard InChI is InChI=1S/C12H15N3O5S2/c16-9-4-3-8(12(18)15-9)14-10(17)5-6-13-22(19,20)11-2-1-7-21-11/h1-2,7-8,13H,3-6H2,(H,14,17)(H,15,16,18). The molecule has 1 aromatic heterocycles. The van der Waals surface area contributed by atoms with Crippen LogP contribution in [0.4, 0.5) is 0 Å². The lowest BCUT2D eigenvalue weighted by molar-refractivity contribution is -0.137. The van der Waals surface area contributed by atoms with Gasteiger partial charge in [-0.25, -0.2) is 13.1 Å². The fraction of sp³-hybridized carbons (Fsp3) is 0.417. The van der Waals surface area contributed by atoms with Gasteiger partial charge in [0.1, 0.15) is 10.3 Å². The fourth-order valence-corrected chi connectivity index (χ4v) is 3.95. The molecule has 8 nitrogen and oxygen atoms in total. The van der Waals surface area contributed by atoms with Crippen molar-refractivity contribution in [2.45, 2.75) is 29.5 Å². The van der Waals surface area contributed by atoms with Crippen molar-refractivity contribution in [2.75, 3.05) is 6.54 Å². The Morgan fingerprint density at radius 3 is 2.82 bits per heavy atom. The molecule has 0 radical (unpaired) electrons. The third-order valence-corrected chi connectivity index (χ3v) is 5.84. The Labute approximate surface area is 131 Å². The molecule has 0 bridgehead atoms. The maximum absolute atomic E-state index is 11.8. The van der Waals surface area contributed by atoms with Crippen LogP contribution < -0.4 is 15.4 Å². The van der Waals surface area contributed by atoms with Crippen molar-refractivity contribution >= 4 is 39.1 Å². The fourth-order valence-electron chi connectivity index (χ4n) is 1.88. The number of nitrogens with one attached hydrogen (secondary N) is 3. The predicted molar refractivity (Wildman–Crippen MR) is 78.4 cm³/mol. The van der Waals surface area contributed by atoms with Crippen molar-refractivity contribution in [3.63, 3.8) is 0 Å². The van der Waals surface area contributed by atoms with Gasteiger partial charge in [-0.3, -0.25) is 19.7 Å². The molecule has 2 rings (SSSR count). The molecule has 0 aliphatic carbocycles. The van der Waals surface area contributed by atoms with E-state index in [1.807, 2.05) is 0 Å². The Hall–Kier alpha value is -1.78. The van der Waals surface area contributed by atoms with Crippen LogP contribution in [0.5, 0.6) is 0 Å². The highest BCUT2D eigenvalue weighted by Gasteiger charge is 2.27. The summed E-state index contributed by atoms with van der Waals surface area (Å²) in [6, 6.07) is 2.34. The number of hydrogen-bond donors (Lipinski definition) is 3. The minimum Gasteiger partial charge on any atom is -0.344 e. The van der Waals surface area contributed by atoms with Crippen LogP contribution in [0, 0.1) is 0 Å². The van der Waals surface area contributed by atoms with E-state index in [2.05, 4.69) is 15.4 Å². The molecule has 2 heterocycles. The molecule has 22 heavy (non-hydrogen) atoms. The van der Waals surface area contributed by atoms with Gasteiger partial charge in [-0.15, -0.1) is 11.3 Å². The summed E-state index contributed by atoms with van der Waals surface area (Å²) >= 11 is 1.08. The molecule has 1 aromatic rings. The number of imide groups is 1. The SMILES string of the molecule is O=C1CCC(NC(=O)CCNS(=O)(=O)c2cccs2)C(=O)N1. The second kappa shape index (κ2) is 6.99. The van der Waals surface area contributed by atoms with Gasteiger partial charge < -0.3 is 5.32 Å². The molecular formula is C12H15N3O5S2. The van der Waals surface area contributed by atoms with Gasteiger partial charge in [-0.2, -0.15) is 0 Å². The molecule has 120 valence electrons. The second-order valence-electron chi connectivity index (χ2n) is 4.65. The van der Waals surface area contributed by atoms with E-state index in [0.29, 0.717) is 0 Å². The van der Waals surface area contributed by atoms with E-state index in [9.17, 15) is 22.8 Å². The summed E-state index contributed by atoms with van der Waals surface area (Å²) in [5.41, 5.74) is 0. The minimum absolute atomic E-state index is 0.0701. The van der Waals surface area contributed by atoms with Gasteiger partial charge >= 0.3 is 0 Å². The predicted octanol–water partition coefficient (Wildman–Crippen LogP) is -0.662. The van der Waals surface area contributed by atoms with E-state index in [1.54, 1.807) is 11.4 Å². The number of thiophene rings is 1. The van der Waals surface area contributed by atoms with Crippen LogP contribution in [0.2, 0.25) is 0 Å². The average Bonchev–Trinajstić information content (AvgIpc) is 2.96. The van der Waals surface area contributed by atoms with E-state index in [4.69, 9.17) is 0 Å². The quantitative estimate of drug-likeness (QED) is 0.591. The normalized spacial score (nSPS) is 18.8. The first-order chi connectivity index (χ1) is 10.4. The molecule has 1 aliphatic heterocycles. The lowest BCUT2D eigenvalue weighted by Crippen LogP contribution is -2.52. The third kappa shape index (κ3) is 4.36. The van der Waals surface area contributed by atoms with Crippen LogP contribution in [-0.2, 0) is 24.4 Å². The number of rotatable bonds is 6. The molecule has 1 saturated heterocycles. The van der Waals surface area contributed by atoms with Crippen molar-refractivity contribution in [1.82, 2.24) is 15.4 Å². The van der Waals surface area contributed by atoms with Gasteiger partial charge in [0.15, 0.2) is 0 Å². The van der Waals surface area contributed by atoms with Gasteiger partial charge in [-0.1, -0.05) is 6.07 Å². The average molecular weight is 345 g/mol. The van der Waals surface area contributed by atoms with Gasteiger partial charge in [0.05, 0.1) is 0 Å². The summed E-state index contributed by atoms with van der Waals surface area (Å²) in [5.74, 6) is -1.36. The summed E-state index contributed by atoms with van der Waals surface area (Å²) in [4.78, 5) is 34.2. The van der Waals surface area contributed by atoms with Crippen LogP contribution in [0.25, 0.3) is 0 Å². The van der Waals surface area contributed by atoms with Gasteiger partial charge in [0, 0.05) is 19.4 Å². The number of hydrogen-bond acceptors (Lipinski definition) is 6. The third-order valence-electron chi connectivity index (χ3n) is 2.98. The minimum atomic E-state index is -3.60. The molecule has 10 heteroatoms. The van der Waals surface area contributed by atoms with E-state index in [1.165, 1.54) is 6.07 Å². The molecule has 1 aliphatic rings. The molecule has 0 saturated carbocycles. The number of carbonyl (C=O) groups excluding carboxylic acids is 3. The Bertz CT molecular complexity index is 669. The zero-order chi connectivity index (χ0) is 16.2. The number of carbonyl (C=O) groups is 3. The smallest absolute Gasteiger partial charge is 0.250 e. The highest BCUT2D eigenvalue weighted by atomic mass is 32.2. The first kappa shape index (κ1) is 16.6. The van der Waals surface area contributed by atoms with E-state index in [0.717, 1.165) is 11.3 Å². The van der Waals surface area contributed by atoms with E-state index >= 15 is 0 Å². The summed E-state index contributed by atoms with van der Waals surface area (Å²) in [6.45, 7) is -0.0701. The van der Waals surface area contributed by atoms with Crippen LogP contribution in [0.15, 0.2) is 21.7 Å². The van der Waals surface area contributed by atoms with Gasteiger partial charge in [-0.05, 0) is 17.9 Å². The summed E-state index contributed by atoms with van der Waals surface area (Å²) < 4.78 is 26.1. The first-order valence-electron chi connectivity index (χ1n) is 6.55. The number of piperidine rings is 1. The lowest BCUT2D eigenvalue weighted by Gasteiger charge is -2.21. The summed E-state index contributed by atoms with van der Waals surface area (Å²) in [6.07, 6.45) is 0.321. The van der Waals surface area contributed by atoms with Crippen LogP contribution in [0.3, 0.4) is 0 Å². The van der Waals surface area contributed by atoms with Crippen molar-refractivity contribution in [3.05, 3.63) is 17.5 Å². The van der Waals surface area contributed by atoms with Gasteiger partial charge in [0.25, 0.3) is 0 Å². The largest absolute Gasteiger partial charge is 0.344 e. The number of amides is 3. The topological polar surface area (TPSA) is 121 Å². The molecule has 1 atom stereocenters. The highest BCUT2D eigenvalue weighted by Crippen LogP contribution is 2.15. The van der Waals surface area contributed by atoms with Crippen LogP contribution in [-0.4, -0.2) is 38.7 Å². The van der Waals surface area contributed by atoms with Crippen LogP contribution >= 0.6 is 11.3 Å². The zero-order valence-corrected chi connectivity index (χ0v) is 13.1. The Morgan fingerprint density at radius 2 is 2.18 bits per heavy atom. The maximum Gasteiger partial charge on any atom is 0.250 e. The summed E-state index contributed by atoms with van der Waals surface area (Å²) in [5, 5.41) is 6.25. The Morgan fingerprint density at radius 1 is 1.41 bits per heavy atom. The Kier molecular flexibility index (Phi) is 5.27. The molecular weight excluding hydrogens is 330 g/mol. The highest BCUT2D eigenvalue weighted by molar-refractivity contribution is 7.91. The first-order valence-corrected chi connectivity index (χ1v) is 8.91. The van der Waals surface area contributed by atoms with E-state index in [-0.39, 0.29) is 35.9 Å². The Balaban J connectivity index is 1.76. The summed E-state index contributed by atoms with van der Waals surface area (Å²) in [7, 11) is -3.60. The number of sulfonamides is 1. The van der Waals surface area contributed by atoms with Crippen molar-refractivity contribution < 1.29 is 22.8 Å². The molecule has 3 amide bonds. The van der Waals surface area contributed by atoms with E-state index < -0.39 is 27.9 Å². The monoisotopic (exact) mass is 345 g/mol. The molecule has 1 fully saturated rings. The molecule has 0 aromatic carbocycles. The lowest BCUT2D eigenvalue weighted by atomic mass is 10.1.